The summed E-state index contributed by atoms with van der Waals surface area (Å²) in [4.78, 5) is 14.0. The monoisotopic (exact) mass is 541 g/mol. The predicted octanol–water partition coefficient (Wildman–Crippen LogP) is 6.07. The molecule has 2 atom stereocenters. The van der Waals surface area contributed by atoms with Crippen LogP contribution in [0.5, 0.6) is 5.75 Å². The second kappa shape index (κ2) is 15.2. The minimum Gasteiger partial charge on any atom is -0.496 e. The Morgan fingerprint density at radius 1 is 1.21 bits per heavy atom. The molecule has 0 spiro atoms. The molecule has 1 aromatic carbocycles. The summed E-state index contributed by atoms with van der Waals surface area (Å²) >= 11 is 3.78. The van der Waals surface area contributed by atoms with E-state index in [1.807, 2.05) is 39.0 Å². The molecule has 1 amide bonds. The van der Waals surface area contributed by atoms with Crippen LogP contribution in [0.15, 0.2) is 41.9 Å². The van der Waals surface area contributed by atoms with Crippen molar-refractivity contribution in [3.8, 4) is 5.75 Å². The quantitative estimate of drug-likeness (QED) is 0.152. The van der Waals surface area contributed by atoms with Gasteiger partial charge in [-0.05, 0) is 51.2 Å². The van der Waals surface area contributed by atoms with Crippen LogP contribution in [0.1, 0.15) is 50.7 Å². The second-order valence-corrected chi connectivity index (χ2v) is 9.70. The number of carbonyl (C=O) groups excluding carboxylic acids is 1. The lowest BCUT2D eigenvalue weighted by Crippen LogP contribution is -2.34. The number of amides is 1. The van der Waals surface area contributed by atoms with Crippen LogP contribution in [0.3, 0.4) is 0 Å². The molecule has 1 aromatic rings. The van der Waals surface area contributed by atoms with Crippen molar-refractivity contribution in [1.82, 2.24) is 4.90 Å². The summed E-state index contributed by atoms with van der Waals surface area (Å²) in [6, 6.07) is 3.87. The Kier molecular flexibility index (Phi) is 13.5. The molecule has 0 aromatic heterocycles. The molecule has 0 aliphatic heterocycles. The first-order valence-electron chi connectivity index (χ1n) is 11.3. The van der Waals surface area contributed by atoms with Gasteiger partial charge in [0.15, 0.2) is 0 Å². The SMILES string of the molecule is C=CCC(CC(C=C)OCOCCOC)c1c(OC)ccc(CN(C)C(=O)OC(C)(C)C)c1Br. The number of benzene rings is 1. The molecule has 2 unspecified atom stereocenters. The molecule has 0 saturated heterocycles. The van der Waals surface area contributed by atoms with E-state index < -0.39 is 5.60 Å². The zero-order valence-corrected chi connectivity index (χ0v) is 23.0. The Bertz CT molecular complexity index is 792. The highest BCUT2D eigenvalue weighted by Gasteiger charge is 2.25. The maximum atomic E-state index is 12.5. The molecule has 34 heavy (non-hydrogen) atoms. The Labute approximate surface area is 213 Å². The molecule has 0 radical (unpaired) electrons. The Balaban J connectivity index is 3.11. The van der Waals surface area contributed by atoms with Crippen LogP contribution >= 0.6 is 15.9 Å². The highest BCUT2D eigenvalue weighted by molar-refractivity contribution is 9.10. The summed E-state index contributed by atoms with van der Waals surface area (Å²) in [5.41, 5.74) is 1.38. The molecular weight excluding hydrogens is 502 g/mol. The number of carbonyl (C=O) groups is 1. The first kappa shape index (κ1) is 30.2. The zero-order chi connectivity index (χ0) is 25.7. The third kappa shape index (κ3) is 10.2. The lowest BCUT2D eigenvalue weighted by Gasteiger charge is -2.27. The van der Waals surface area contributed by atoms with E-state index in [1.165, 1.54) is 0 Å². The number of halogens is 1. The maximum absolute atomic E-state index is 12.5. The van der Waals surface area contributed by atoms with Crippen LogP contribution in [0.25, 0.3) is 0 Å². The Morgan fingerprint density at radius 2 is 1.91 bits per heavy atom. The van der Waals surface area contributed by atoms with Crippen molar-refractivity contribution in [2.45, 2.75) is 57.8 Å². The fraction of sp³-hybridized carbons (Fsp3) is 0.577. The number of nitrogens with zero attached hydrogens (tertiary/aromatic N) is 1. The fourth-order valence-corrected chi connectivity index (χ4v) is 4.12. The molecule has 0 fully saturated rings. The second-order valence-electron chi connectivity index (χ2n) is 8.91. The highest BCUT2D eigenvalue weighted by atomic mass is 79.9. The molecule has 0 N–H and O–H groups in total. The van der Waals surface area contributed by atoms with Crippen molar-refractivity contribution < 1.29 is 28.5 Å². The lowest BCUT2D eigenvalue weighted by molar-refractivity contribution is -0.0874. The Hall–Kier alpha value is -1.87. The summed E-state index contributed by atoms with van der Waals surface area (Å²) in [7, 11) is 4.99. The number of hydrogen-bond acceptors (Lipinski definition) is 6. The third-order valence-corrected chi connectivity index (χ3v) is 5.93. The predicted molar refractivity (Wildman–Crippen MR) is 138 cm³/mol. The van der Waals surface area contributed by atoms with Gasteiger partial charge in [0.2, 0.25) is 0 Å². The Morgan fingerprint density at radius 3 is 2.47 bits per heavy atom. The molecule has 0 aliphatic carbocycles. The number of methoxy groups -OCH3 is 2. The van der Waals surface area contributed by atoms with Gasteiger partial charge in [-0.15, -0.1) is 13.2 Å². The molecule has 0 bridgehead atoms. The molecular formula is C26H40BrNO6. The average Bonchev–Trinajstić information content (AvgIpc) is 2.77. The number of ether oxygens (including phenoxy) is 5. The maximum Gasteiger partial charge on any atom is 0.410 e. The standard InChI is InChI=1S/C26H40BrNO6/c1-9-11-19(16-21(10-2)33-18-32-15-14-30-7)23-22(31-8)13-12-20(24(23)27)17-28(6)25(29)34-26(3,4)5/h9-10,12-13,19,21H,1-2,11,14-18H2,3-8H3. The van der Waals surface area contributed by atoms with Gasteiger partial charge in [0, 0.05) is 30.7 Å². The van der Waals surface area contributed by atoms with Crippen LogP contribution in [0.2, 0.25) is 0 Å². The van der Waals surface area contributed by atoms with Gasteiger partial charge in [0.05, 0.1) is 26.4 Å². The molecule has 0 saturated carbocycles. The van der Waals surface area contributed by atoms with E-state index in [0.29, 0.717) is 32.6 Å². The van der Waals surface area contributed by atoms with E-state index in [1.54, 1.807) is 32.2 Å². The summed E-state index contributed by atoms with van der Waals surface area (Å²) in [6.07, 6.45) is 4.41. The summed E-state index contributed by atoms with van der Waals surface area (Å²) in [5.74, 6) is 0.789. The van der Waals surface area contributed by atoms with E-state index in [0.717, 1.165) is 21.3 Å². The van der Waals surface area contributed by atoms with Gasteiger partial charge >= 0.3 is 6.09 Å². The average molecular weight is 543 g/mol. The van der Waals surface area contributed by atoms with Crippen LogP contribution < -0.4 is 4.74 Å². The van der Waals surface area contributed by atoms with E-state index >= 15 is 0 Å². The fourth-order valence-electron chi connectivity index (χ4n) is 3.34. The largest absolute Gasteiger partial charge is 0.496 e. The molecule has 0 heterocycles. The topological polar surface area (TPSA) is 66.5 Å². The number of rotatable bonds is 15. The summed E-state index contributed by atoms with van der Waals surface area (Å²) in [5, 5.41) is 0. The van der Waals surface area contributed by atoms with Gasteiger partial charge in [-0.25, -0.2) is 4.79 Å². The highest BCUT2D eigenvalue weighted by Crippen LogP contribution is 2.41. The van der Waals surface area contributed by atoms with Crippen molar-refractivity contribution in [3.63, 3.8) is 0 Å². The molecule has 0 aliphatic rings. The number of hydrogen-bond donors (Lipinski definition) is 0. The first-order chi connectivity index (χ1) is 16.1. The first-order valence-corrected chi connectivity index (χ1v) is 12.1. The molecule has 8 heteroatoms. The van der Waals surface area contributed by atoms with Crippen molar-refractivity contribution in [3.05, 3.63) is 53.0 Å². The minimum atomic E-state index is -0.560. The van der Waals surface area contributed by atoms with Gasteiger partial charge in [0.25, 0.3) is 0 Å². The van der Waals surface area contributed by atoms with Gasteiger partial charge in [-0.2, -0.15) is 0 Å². The normalized spacial score (nSPS) is 13.1. The van der Waals surface area contributed by atoms with Crippen molar-refractivity contribution in [2.24, 2.45) is 0 Å². The van der Waals surface area contributed by atoms with Crippen LogP contribution in [-0.2, 0) is 25.5 Å². The van der Waals surface area contributed by atoms with Gasteiger partial charge in [0.1, 0.15) is 18.1 Å². The van der Waals surface area contributed by atoms with E-state index in [-0.39, 0.29) is 24.9 Å². The molecule has 192 valence electrons. The number of allylic oxidation sites excluding steroid dienone is 1. The van der Waals surface area contributed by atoms with Crippen LogP contribution in [-0.4, -0.2) is 64.0 Å². The third-order valence-electron chi connectivity index (χ3n) is 4.99. The summed E-state index contributed by atoms with van der Waals surface area (Å²) in [6.45, 7) is 14.9. The lowest BCUT2D eigenvalue weighted by atomic mass is 9.88. The van der Waals surface area contributed by atoms with E-state index in [2.05, 4.69) is 29.1 Å². The zero-order valence-electron chi connectivity index (χ0n) is 21.4. The van der Waals surface area contributed by atoms with E-state index in [9.17, 15) is 4.79 Å². The molecule has 7 nitrogen and oxygen atoms in total. The van der Waals surface area contributed by atoms with Gasteiger partial charge < -0.3 is 28.6 Å². The van der Waals surface area contributed by atoms with Crippen LogP contribution in [0.4, 0.5) is 4.79 Å². The van der Waals surface area contributed by atoms with Crippen molar-refractivity contribution in [1.29, 1.82) is 0 Å². The van der Waals surface area contributed by atoms with Gasteiger partial charge in [-0.1, -0.05) is 34.1 Å². The smallest absolute Gasteiger partial charge is 0.410 e. The van der Waals surface area contributed by atoms with Gasteiger partial charge in [-0.3, -0.25) is 0 Å². The summed E-state index contributed by atoms with van der Waals surface area (Å²) < 4.78 is 28.4. The molecule has 1 rings (SSSR count). The van der Waals surface area contributed by atoms with Crippen molar-refractivity contribution in [2.75, 3.05) is 41.3 Å². The van der Waals surface area contributed by atoms with E-state index in [4.69, 9.17) is 23.7 Å². The van der Waals surface area contributed by atoms with Crippen molar-refractivity contribution >= 4 is 22.0 Å². The minimum absolute atomic E-state index is 0.0376. The van der Waals surface area contributed by atoms with Crippen LogP contribution in [0, 0.1) is 0 Å².